The van der Waals surface area contributed by atoms with Crippen LogP contribution in [0, 0.1) is 0 Å². The standard InChI is InChI=1S/C22H26N4O3S/c1-22(2)14-21(27)25(3)19-10-9-16(13-17(19)22)30(28,29)24-11-6-12-26-15-23-18-7-4-5-8-20(18)26/h4-5,7-10,13,15,24H,6,11-12,14H2,1-3H3. The molecule has 3 aromatic rings. The molecular formula is C22H26N4O3S. The predicted octanol–water partition coefficient (Wildman–Crippen LogP) is 3.05. The number of nitrogens with zero attached hydrogens (tertiary/aromatic N) is 3. The lowest BCUT2D eigenvalue weighted by Gasteiger charge is -2.37. The summed E-state index contributed by atoms with van der Waals surface area (Å²) in [4.78, 5) is 18.4. The fraction of sp³-hybridized carbons (Fsp3) is 0.364. The number of anilines is 1. The zero-order chi connectivity index (χ0) is 21.5. The van der Waals surface area contributed by atoms with Gasteiger partial charge in [-0.3, -0.25) is 4.79 Å². The van der Waals surface area contributed by atoms with Gasteiger partial charge in [0.15, 0.2) is 0 Å². The highest BCUT2D eigenvalue weighted by molar-refractivity contribution is 7.89. The van der Waals surface area contributed by atoms with Crippen LogP contribution in [-0.4, -0.2) is 37.5 Å². The van der Waals surface area contributed by atoms with Crippen molar-refractivity contribution in [1.29, 1.82) is 0 Å². The molecule has 0 aliphatic carbocycles. The lowest BCUT2D eigenvalue weighted by atomic mass is 9.77. The maximum Gasteiger partial charge on any atom is 0.240 e. The van der Waals surface area contributed by atoms with Crippen LogP contribution in [0.15, 0.2) is 53.7 Å². The van der Waals surface area contributed by atoms with Crippen molar-refractivity contribution in [1.82, 2.24) is 14.3 Å². The first-order valence-electron chi connectivity index (χ1n) is 10.00. The molecule has 0 fully saturated rings. The Kier molecular flexibility index (Phi) is 5.15. The number of nitrogens with one attached hydrogen (secondary N) is 1. The van der Waals surface area contributed by atoms with Gasteiger partial charge in [-0.2, -0.15) is 0 Å². The fourth-order valence-corrected chi connectivity index (χ4v) is 5.07. The quantitative estimate of drug-likeness (QED) is 0.614. The molecule has 1 aromatic heterocycles. The minimum Gasteiger partial charge on any atom is -0.331 e. The largest absolute Gasteiger partial charge is 0.331 e. The SMILES string of the molecule is CN1C(=O)CC(C)(C)c2cc(S(=O)(=O)NCCCn3cnc4ccccc43)ccc21. The minimum atomic E-state index is -3.64. The second-order valence-corrected chi connectivity index (χ2v) is 10.1. The Labute approximate surface area is 176 Å². The van der Waals surface area contributed by atoms with E-state index < -0.39 is 15.4 Å². The summed E-state index contributed by atoms with van der Waals surface area (Å²) in [5, 5.41) is 0. The molecule has 2 aromatic carbocycles. The van der Waals surface area contributed by atoms with E-state index >= 15 is 0 Å². The molecule has 2 heterocycles. The highest BCUT2D eigenvalue weighted by Gasteiger charge is 2.36. The van der Waals surface area contributed by atoms with Crippen molar-refractivity contribution >= 4 is 32.7 Å². The van der Waals surface area contributed by atoms with E-state index in [-0.39, 0.29) is 10.8 Å². The molecule has 0 spiro atoms. The zero-order valence-corrected chi connectivity index (χ0v) is 18.2. The summed E-state index contributed by atoms with van der Waals surface area (Å²) in [7, 11) is -1.91. The van der Waals surface area contributed by atoms with Gasteiger partial charge in [-0.25, -0.2) is 18.1 Å². The highest BCUT2D eigenvalue weighted by Crippen LogP contribution is 2.40. The number of carbonyl (C=O) groups excluding carboxylic acids is 1. The van der Waals surface area contributed by atoms with Crippen LogP contribution in [0.4, 0.5) is 5.69 Å². The van der Waals surface area contributed by atoms with Crippen LogP contribution in [0.2, 0.25) is 0 Å². The minimum absolute atomic E-state index is 0.0354. The summed E-state index contributed by atoms with van der Waals surface area (Å²) >= 11 is 0. The smallest absolute Gasteiger partial charge is 0.240 e. The van der Waals surface area contributed by atoms with Gasteiger partial charge in [0.2, 0.25) is 15.9 Å². The number of hydrogen-bond acceptors (Lipinski definition) is 4. The summed E-state index contributed by atoms with van der Waals surface area (Å²) in [6.45, 7) is 4.94. The Morgan fingerprint density at radius 1 is 1.17 bits per heavy atom. The van der Waals surface area contributed by atoms with E-state index in [9.17, 15) is 13.2 Å². The number of para-hydroxylation sites is 2. The van der Waals surface area contributed by atoms with Gasteiger partial charge >= 0.3 is 0 Å². The summed E-state index contributed by atoms with van der Waals surface area (Å²) < 4.78 is 30.4. The van der Waals surface area contributed by atoms with Crippen molar-refractivity contribution in [3.05, 3.63) is 54.4 Å². The third-order valence-corrected chi connectivity index (χ3v) is 7.19. The Bertz CT molecular complexity index is 1210. The maximum absolute atomic E-state index is 12.8. The maximum atomic E-state index is 12.8. The average molecular weight is 427 g/mol. The molecule has 1 aliphatic heterocycles. The first-order chi connectivity index (χ1) is 14.2. The molecule has 0 saturated heterocycles. The number of carbonyl (C=O) groups is 1. The second-order valence-electron chi connectivity index (χ2n) is 8.37. The number of hydrogen-bond donors (Lipinski definition) is 1. The van der Waals surface area contributed by atoms with Gasteiger partial charge in [0.25, 0.3) is 0 Å². The molecule has 0 radical (unpaired) electrons. The monoisotopic (exact) mass is 426 g/mol. The summed E-state index contributed by atoms with van der Waals surface area (Å²) in [5.41, 5.74) is 3.20. The Balaban J connectivity index is 1.46. The molecular weight excluding hydrogens is 400 g/mol. The molecule has 0 atom stereocenters. The van der Waals surface area contributed by atoms with Crippen LogP contribution in [0.1, 0.15) is 32.3 Å². The molecule has 4 rings (SSSR count). The van der Waals surface area contributed by atoms with Crippen LogP contribution >= 0.6 is 0 Å². The molecule has 7 nitrogen and oxygen atoms in total. The topological polar surface area (TPSA) is 84.3 Å². The third-order valence-electron chi connectivity index (χ3n) is 5.73. The van der Waals surface area contributed by atoms with Crippen LogP contribution in [-0.2, 0) is 26.8 Å². The van der Waals surface area contributed by atoms with Crippen LogP contribution < -0.4 is 9.62 Å². The van der Waals surface area contributed by atoms with Crippen molar-refractivity contribution in [2.24, 2.45) is 0 Å². The molecule has 158 valence electrons. The van der Waals surface area contributed by atoms with Gasteiger partial charge in [-0.1, -0.05) is 26.0 Å². The number of benzene rings is 2. The Hall–Kier alpha value is -2.71. The molecule has 8 heteroatoms. The van der Waals surface area contributed by atoms with E-state index in [0.29, 0.717) is 25.9 Å². The zero-order valence-electron chi connectivity index (χ0n) is 17.4. The average Bonchev–Trinajstić information content (AvgIpc) is 3.12. The van der Waals surface area contributed by atoms with Crippen molar-refractivity contribution in [3.8, 4) is 0 Å². The third kappa shape index (κ3) is 3.73. The van der Waals surface area contributed by atoms with Crippen molar-refractivity contribution < 1.29 is 13.2 Å². The predicted molar refractivity (Wildman–Crippen MR) is 117 cm³/mol. The van der Waals surface area contributed by atoms with Gasteiger partial charge in [0, 0.05) is 37.7 Å². The van der Waals surface area contributed by atoms with Gasteiger partial charge in [0.1, 0.15) is 0 Å². The highest BCUT2D eigenvalue weighted by atomic mass is 32.2. The number of aromatic nitrogens is 2. The van der Waals surface area contributed by atoms with Gasteiger partial charge in [-0.05, 0) is 42.3 Å². The molecule has 0 bridgehead atoms. The fourth-order valence-electron chi connectivity index (χ4n) is 3.97. The Morgan fingerprint density at radius 3 is 2.73 bits per heavy atom. The van der Waals surface area contributed by atoms with E-state index in [2.05, 4.69) is 9.71 Å². The number of imidazole rings is 1. The van der Waals surface area contributed by atoms with Gasteiger partial charge in [0.05, 0.1) is 22.3 Å². The summed E-state index contributed by atoms with van der Waals surface area (Å²) in [6.07, 6.45) is 2.78. The lowest BCUT2D eigenvalue weighted by Crippen LogP contribution is -2.39. The van der Waals surface area contributed by atoms with Crippen molar-refractivity contribution in [2.45, 2.75) is 43.5 Å². The number of fused-ring (bicyclic) bond motifs is 2. The summed E-state index contributed by atoms with van der Waals surface area (Å²) in [5.74, 6) is 0.0354. The Morgan fingerprint density at radius 2 is 1.93 bits per heavy atom. The normalized spacial score (nSPS) is 16.1. The van der Waals surface area contributed by atoms with Crippen LogP contribution in [0.25, 0.3) is 11.0 Å². The molecule has 0 unspecified atom stereocenters. The van der Waals surface area contributed by atoms with E-state index in [0.717, 1.165) is 22.3 Å². The van der Waals surface area contributed by atoms with Crippen molar-refractivity contribution in [3.63, 3.8) is 0 Å². The number of sulfonamides is 1. The molecule has 1 aliphatic rings. The van der Waals surface area contributed by atoms with E-state index in [1.165, 1.54) is 0 Å². The van der Waals surface area contributed by atoms with Crippen LogP contribution in [0.5, 0.6) is 0 Å². The van der Waals surface area contributed by atoms with Gasteiger partial charge < -0.3 is 9.47 Å². The molecule has 1 amide bonds. The van der Waals surface area contributed by atoms with Gasteiger partial charge in [-0.15, -0.1) is 0 Å². The van der Waals surface area contributed by atoms with Crippen LogP contribution in [0.3, 0.4) is 0 Å². The lowest BCUT2D eigenvalue weighted by molar-refractivity contribution is -0.119. The van der Waals surface area contributed by atoms with E-state index in [4.69, 9.17) is 0 Å². The molecule has 30 heavy (non-hydrogen) atoms. The number of rotatable bonds is 6. The van der Waals surface area contributed by atoms with E-state index in [1.807, 2.05) is 42.7 Å². The molecule has 0 saturated carbocycles. The first-order valence-corrected chi connectivity index (χ1v) is 11.5. The second kappa shape index (κ2) is 7.52. The first kappa shape index (κ1) is 20.6. The number of amides is 1. The summed E-state index contributed by atoms with van der Waals surface area (Å²) in [6, 6.07) is 12.9. The number of aryl methyl sites for hydroxylation is 1. The molecule has 1 N–H and O–H groups in total. The van der Waals surface area contributed by atoms with Crippen molar-refractivity contribution in [2.75, 3.05) is 18.5 Å². The van der Waals surface area contributed by atoms with E-state index in [1.54, 1.807) is 36.5 Å².